The van der Waals surface area contributed by atoms with Crippen LogP contribution in [0.1, 0.15) is 18.9 Å². The number of anilines is 1. The summed E-state index contributed by atoms with van der Waals surface area (Å²) in [5.41, 5.74) is 2.24. The minimum atomic E-state index is -0.200. The van der Waals surface area contributed by atoms with Gasteiger partial charge in [0.15, 0.2) is 0 Å². The Labute approximate surface area is 107 Å². The van der Waals surface area contributed by atoms with Crippen molar-refractivity contribution < 1.29 is 14.3 Å². The third-order valence-corrected chi connectivity index (χ3v) is 3.00. The Morgan fingerprint density at radius 3 is 3.11 bits per heavy atom. The second-order valence-corrected chi connectivity index (χ2v) is 4.41. The Hall–Kier alpha value is -1.71. The summed E-state index contributed by atoms with van der Waals surface area (Å²) < 4.78 is 10.5. The summed E-state index contributed by atoms with van der Waals surface area (Å²) in [7, 11) is 1.89. The van der Waals surface area contributed by atoms with Gasteiger partial charge in [-0.05, 0) is 43.5 Å². The zero-order valence-electron chi connectivity index (χ0n) is 10.9. The second kappa shape index (κ2) is 5.76. The van der Waals surface area contributed by atoms with Crippen molar-refractivity contribution in [3.63, 3.8) is 0 Å². The third-order valence-electron chi connectivity index (χ3n) is 3.00. The number of carbonyl (C=O) groups excluding carboxylic acids is 1. The smallest absolute Gasteiger partial charge is 0.325 e. The van der Waals surface area contributed by atoms with Gasteiger partial charge in [0.2, 0.25) is 0 Å². The molecule has 0 bridgehead atoms. The predicted octanol–water partition coefficient (Wildman–Crippen LogP) is 2.01. The van der Waals surface area contributed by atoms with Crippen molar-refractivity contribution in [2.24, 2.45) is 0 Å². The maximum atomic E-state index is 11.4. The highest BCUT2D eigenvalue weighted by Gasteiger charge is 2.13. The molecule has 98 valence electrons. The highest BCUT2D eigenvalue weighted by molar-refractivity contribution is 5.75. The molecular formula is C14H19NO3. The van der Waals surface area contributed by atoms with Crippen LogP contribution in [-0.2, 0) is 16.0 Å². The Balaban J connectivity index is 2.06. The molecule has 2 rings (SSSR count). The highest BCUT2D eigenvalue weighted by Crippen LogP contribution is 2.28. The average molecular weight is 249 g/mol. The molecule has 0 spiro atoms. The Kier molecular flexibility index (Phi) is 4.07. The molecule has 4 heteroatoms. The van der Waals surface area contributed by atoms with Crippen LogP contribution in [0.2, 0.25) is 0 Å². The molecule has 1 aliphatic heterocycles. The molecule has 0 radical (unpaired) electrons. The van der Waals surface area contributed by atoms with Crippen molar-refractivity contribution in [1.29, 1.82) is 0 Å². The van der Waals surface area contributed by atoms with Gasteiger partial charge < -0.3 is 14.4 Å². The topological polar surface area (TPSA) is 38.8 Å². The number of benzene rings is 1. The molecular weight excluding hydrogens is 230 g/mol. The van der Waals surface area contributed by atoms with Crippen LogP contribution in [-0.4, -0.2) is 32.8 Å². The summed E-state index contributed by atoms with van der Waals surface area (Å²) in [6.45, 7) is 3.30. The molecule has 1 aromatic carbocycles. The molecule has 0 atom stereocenters. The minimum absolute atomic E-state index is 0.200. The Bertz CT molecular complexity index is 431. The molecule has 0 fully saturated rings. The number of likely N-dealkylation sites (N-methyl/N-ethyl adjacent to an activating group) is 1. The maximum Gasteiger partial charge on any atom is 0.325 e. The summed E-state index contributed by atoms with van der Waals surface area (Å²) in [5, 5.41) is 0. The molecule has 1 aromatic rings. The van der Waals surface area contributed by atoms with Gasteiger partial charge in [-0.2, -0.15) is 0 Å². The van der Waals surface area contributed by atoms with Gasteiger partial charge in [-0.15, -0.1) is 0 Å². The summed E-state index contributed by atoms with van der Waals surface area (Å²) in [5.74, 6) is 0.767. The zero-order chi connectivity index (χ0) is 13.0. The predicted molar refractivity (Wildman–Crippen MR) is 70.2 cm³/mol. The number of fused-ring (bicyclic) bond motifs is 1. The van der Waals surface area contributed by atoms with Crippen molar-refractivity contribution in [2.75, 3.05) is 31.7 Å². The van der Waals surface area contributed by atoms with Crippen molar-refractivity contribution >= 4 is 11.7 Å². The molecule has 1 aliphatic rings. The number of carbonyl (C=O) groups is 1. The molecule has 4 nitrogen and oxygen atoms in total. The third kappa shape index (κ3) is 2.94. The van der Waals surface area contributed by atoms with E-state index in [4.69, 9.17) is 9.47 Å². The monoisotopic (exact) mass is 249 g/mol. The summed E-state index contributed by atoms with van der Waals surface area (Å²) in [6, 6.07) is 6.04. The molecule has 0 saturated heterocycles. The van der Waals surface area contributed by atoms with Crippen LogP contribution < -0.4 is 9.64 Å². The van der Waals surface area contributed by atoms with E-state index in [-0.39, 0.29) is 12.5 Å². The zero-order valence-corrected chi connectivity index (χ0v) is 10.9. The first-order valence-corrected chi connectivity index (χ1v) is 6.33. The van der Waals surface area contributed by atoms with E-state index in [1.165, 1.54) is 5.56 Å². The van der Waals surface area contributed by atoms with E-state index in [9.17, 15) is 4.79 Å². The fraction of sp³-hybridized carbons (Fsp3) is 0.500. The van der Waals surface area contributed by atoms with E-state index in [0.717, 1.165) is 30.9 Å². The molecule has 0 unspecified atom stereocenters. The average Bonchev–Trinajstić information content (AvgIpc) is 2.38. The van der Waals surface area contributed by atoms with Gasteiger partial charge >= 0.3 is 5.97 Å². The highest BCUT2D eigenvalue weighted by atomic mass is 16.5. The first kappa shape index (κ1) is 12.7. The van der Waals surface area contributed by atoms with Gasteiger partial charge in [0.05, 0.1) is 13.2 Å². The lowest BCUT2D eigenvalue weighted by atomic mass is 10.1. The maximum absolute atomic E-state index is 11.4. The van der Waals surface area contributed by atoms with E-state index in [1.54, 1.807) is 0 Å². The van der Waals surface area contributed by atoms with Crippen molar-refractivity contribution in [1.82, 2.24) is 0 Å². The number of aryl methyl sites for hydroxylation is 1. The Morgan fingerprint density at radius 2 is 2.33 bits per heavy atom. The number of ether oxygens (including phenoxy) is 2. The van der Waals surface area contributed by atoms with Gasteiger partial charge in [-0.25, -0.2) is 0 Å². The van der Waals surface area contributed by atoms with E-state index in [0.29, 0.717) is 6.61 Å². The summed E-state index contributed by atoms with van der Waals surface area (Å²) in [4.78, 5) is 13.3. The first-order valence-electron chi connectivity index (χ1n) is 6.33. The van der Waals surface area contributed by atoms with Crippen molar-refractivity contribution in [3.8, 4) is 5.75 Å². The van der Waals surface area contributed by atoms with Crippen LogP contribution in [0, 0.1) is 0 Å². The van der Waals surface area contributed by atoms with Gasteiger partial charge in [0, 0.05) is 12.7 Å². The molecule has 0 saturated carbocycles. The normalized spacial score (nSPS) is 13.4. The molecule has 18 heavy (non-hydrogen) atoms. The largest absolute Gasteiger partial charge is 0.493 e. The standard InChI is InChI=1S/C14H19NO3/c1-3-17-14(16)10-15(2)12-6-7-13-11(9-12)5-4-8-18-13/h6-7,9H,3-5,8,10H2,1-2H3. The molecule has 0 N–H and O–H groups in total. The summed E-state index contributed by atoms with van der Waals surface area (Å²) >= 11 is 0. The van der Waals surface area contributed by atoms with E-state index < -0.39 is 0 Å². The van der Waals surface area contributed by atoms with E-state index in [2.05, 4.69) is 6.07 Å². The number of hydrogen-bond acceptors (Lipinski definition) is 4. The van der Waals surface area contributed by atoms with Crippen LogP contribution in [0.25, 0.3) is 0 Å². The number of hydrogen-bond donors (Lipinski definition) is 0. The van der Waals surface area contributed by atoms with Crippen LogP contribution in [0.15, 0.2) is 18.2 Å². The quantitative estimate of drug-likeness (QED) is 0.765. The lowest BCUT2D eigenvalue weighted by Gasteiger charge is -2.22. The van der Waals surface area contributed by atoms with E-state index in [1.807, 2.05) is 31.0 Å². The SMILES string of the molecule is CCOC(=O)CN(C)c1ccc2c(c1)CCCO2. The number of nitrogens with zero attached hydrogens (tertiary/aromatic N) is 1. The lowest BCUT2D eigenvalue weighted by Crippen LogP contribution is -2.27. The first-order chi connectivity index (χ1) is 8.70. The lowest BCUT2D eigenvalue weighted by molar-refractivity contribution is -0.141. The van der Waals surface area contributed by atoms with Gasteiger partial charge in [0.1, 0.15) is 12.3 Å². The Morgan fingerprint density at radius 1 is 1.50 bits per heavy atom. The number of rotatable bonds is 4. The van der Waals surface area contributed by atoms with Crippen molar-refractivity contribution in [2.45, 2.75) is 19.8 Å². The van der Waals surface area contributed by atoms with E-state index >= 15 is 0 Å². The van der Waals surface area contributed by atoms with Crippen LogP contribution >= 0.6 is 0 Å². The molecule has 0 aromatic heterocycles. The van der Waals surface area contributed by atoms with Crippen molar-refractivity contribution in [3.05, 3.63) is 23.8 Å². The van der Waals surface area contributed by atoms with Gasteiger partial charge in [0.25, 0.3) is 0 Å². The van der Waals surface area contributed by atoms with Gasteiger partial charge in [-0.1, -0.05) is 0 Å². The number of esters is 1. The molecule has 0 aliphatic carbocycles. The van der Waals surface area contributed by atoms with Gasteiger partial charge in [-0.3, -0.25) is 4.79 Å². The van der Waals surface area contributed by atoms with Crippen LogP contribution in [0.4, 0.5) is 5.69 Å². The molecule has 1 heterocycles. The molecule has 0 amide bonds. The summed E-state index contributed by atoms with van der Waals surface area (Å²) in [6.07, 6.45) is 2.09. The van der Waals surface area contributed by atoms with Crippen LogP contribution in [0.3, 0.4) is 0 Å². The minimum Gasteiger partial charge on any atom is -0.493 e. The van der Waals surface area contributed by atoms with Crippen LogP contribution in [0.5, 0.6) is 5.75 Å². The fourth-order valence-electron chi connectivity index (χ4n) is 2.08. The fourth-order valence-corrected chi connectivity index (χ4v) is 2.08. The second-order valence-electron chi connectivity index (χ2n) is 4.41.